The van der Waals surface area contributed by atoms with E-state index in [1.165, 1.54) is 16.7 Å². The van der Waals surface area contributed by atoms with Crippen LogP contribution in [0.5, 0.6) is 0 Å². The maximum absolute atomic E-state index is 12.2. The first-order chi connectivity index (χ1) is 9.95. The van der Waals surface area contributed by atoms with Gasteiger partial charge >= 0.3 is 5.97 Å². The van der Waals surface area contributed by atoms with E-state index in [1.54, 1.807) is 0 Å². The minimum absolute atomic E-state index is 0.0203. The fraction of sp³-hybridized carbons (Fsp3) is 0.333. The van der Waals surface area contributed by atoms with E-state index in [9.17, 15) is 13.2 Å². The van der Waals surface area contributed by atoms with Crippen LogP contribution in [0.25, 0.3) is 0 Å². The van der Waals surface area contributed by atoms with Crippen LogP contribution >= 0.6 is 22.7 Å². The van der Waals surface area contributed by atoms with Crippen LogP contribution in [0.2, 0.25) is 0 Å². The second-order valence-electron chi connectivity index (χ2n) is 4.66. The lowest BCUT2D eigenvalue weighted by molar-refractivity contribution is 0.0697. The topological polar surface area (TPSA) is 96.4 Å². The molecule has 1 aliphatic carbocycles. The number of aromatic carboxylic acids is 1. The predicted molar refractivity (Wildman–Crippen MR) is 80.8 cm³/mol. The van der Waals surface area contributed by atoms with Gasteiger partial charge in [0.25, 0.3) is 10.0 Å². The van der Waals surface area contributed by atoms with Crippen LogP contribution in [-0.4, -0.2) is 24.5 Å². The van der Waals surface area contributed by atoms with E-state index in [0.717, 1.165) is 53.7 Å². The second-order valence-corrected chi connectivity index (χ2v) is 8.57. The molecule has 0 fully saturated rings. The zero-order valence-corrected chi connectivity index (χ0v) is 13.3. The Morgan fingerprint density at radius 1 is 1.33 bits per heavy atom. The van der Waals surface area contributed by atoms with Gasteiger partial charge in [-0.15, -0.1) is 22.7 Å². The number of nitrogens with zero attached hydrogens (tertiary/aromatic N) is 1. The first-order valence-corrected chi connectivity index (χ1v) is 9.47. The number of aromatic nitrogens is 1. The van der Waals surface area contributed by atoms with Gasteiger partial charge in [-0.05, 0) is 31.7 Å². The molecule has 9 heteroatoms. The van der Waals surface area contributed by atoms with Crippen LogP contribution in [0.1, 0.15) is 33.8 Å². The Morgan fingerprint density at radius 2 is 2.10 bits per heavy atom. The summed E-state index contributed by atoms with van der Waals surface area (Å²) in [5.74, 6) is -1.14. The van der Waals surface area contributed by atoms with E-state index in [-0.39, 0.29) is 9.77 Å². The van der Waals surface area contributed by atoms with Crippen molar-refractivity contribution in [1.82, 2.24) is 4.98 Å². The highest BCUT2D eigenvalue weighted by molar-refractivity contribution is 7.94. The summed E-state index contributed by atoms with van der Waals surface area (Å²) in [5.41, 5.74) is 0.945. The predicted octanol–water partition coefficient (Wildman–Crippen LogP) is 2.58. The molecule has 0 aromatic carbocycles. The molecule has 2 aromatic heterocycles. The summed E-state index contributed by atoms with van der Waals surface area (Å²) >= 11 is 2.24. The molecule has 2 heterocycles. The number of carboxylic acids is 1. The molecule has 21 heavy (non-hydrogen) atoms. The summed E-state index contributed by atoms with van der Waals surface area (Å²) < 4.78 is 26.9. The fourth-order valence-electron chi connectivity index (χ4n) is 2.13. The van der Waals surface area contributed by atoms with E-state index in [4.69, 9.17) is 5.11 Å². The van der Waals surface area contributed by atoms with Crippen molar-refractivity contribution in [3.05, 3.63) is 27.6 Å². The average Bonchev–Trinajstić information content (AvgIpc) is 3.04. The molecule has 0 bridgehead atoms. The molecule has 0 unspecified atom stereocenters. The van der Waals surface area contributed by atoms with Crippen LogP contribution in [0.4, 0.5) is 5.13 Å². The number of nitrogens with one attached hydrogen (secondary N) is 1. The van der Waals surface area contributed by atoms with Crippen LogP contribution in [0, 0.1) is 0 Å². The third kappa shape index (κ3) is 2.94. The Hall–Kier alpha value is -1.45. The van der Waals surface area contributed by atoms with Gasteiger partial charge < -0.3 is 5.11 Å². The molecule has 0 aliphatic heterocycles. The lowest BCUT2D eigenvalue weighted by atomic mass is 10.0. The molecular formula is C12H12N2O4S3. The SMILES string of the molecule is O=C(O)c1csc(S(=O)(=O)Nc2nc3c(s2)CCCC3)c1. The first kappa shape index (κ1) is 14.5. The molecule has 0 saturated carbocycles. The van der Waals surface area contributed by atoms with Crippen molar-refractivity contribution in [2.24, 2.45) is 0 Å². The van der Waals surface area contributed by atoms with Crippen LogP contribution in [0.3, 0.4) is 0 Å². The Bertz CT molecular complexity index is 768. The smallest absolute Gasteiger partial charge is 0.336 e. The van der Waals surface area contributed by atoms with E-state index in [1.807, 2.05) is 0 Å². The molecule has 1 aliphatic rings. The minimum atomic E-state index is -3.77. The van der Waals surface area contributed by atoms with Crippen LogP contribution in [-0.2, 0) is 22.9 Å². The second kappa shape index (κ2) is 5.39. The number of thiophene rings is 1. The molecule has 2 aromatic rings. The lowest BCUT2D eigenvalue weighted by Crippen LogP contribution is -2.11. The van der Waals surface area contributed by atoms with Crippen molar-refractivity contribution in [3.63, 3.8) is 0 Å². The third-order valence-electron chi connectivity index (χ3n) is 3.15. The third-order valence-corrected chi connectivity index (χ3v) is 7.14. The summed E-state index contributed by atoms with van der Waals surface area (Å²) in [5, 5.41) is 10.5. The molecular weight excluding hydrogens is 332 g/mol. The number of hydrogen-bond donors (Lipinski definition) is 2. The van der Waals surface area contributed by atoms with Crippen molar-refractivity contribution in [3.8, 4) is 0 Å². The molecule has 112 valence electrons. The Kier molecular flexibility index (Phi) is 3.72. The van der Waals surface area contributed by atoms with Crippen molar-refractivity contribution in [1.29, 1.82) is 0 Å². The minimum Gasteiger partial charge on any atom is -0.478 e. The average molecular weight is 344 g/mol. The van der Waals surface area contributed by atoms with Gasteiger partial charge in [0.05, 0.1) is 11.3 Å². The van der Waals surface area contributed by atoms with E-state index < -0.39 is 16.0 Å². The van der Waals surface area contributed by atoms with Gasteiger partial charge in [-0.2, -0.15) is 0 Å². The highest BCUT2D eigenvalue weighted by Gasteiger charge is 2.22. The van der Waals surface area contributed by atoms with Gasteiger partial charge in [0.1, 0.15) is 4.21 Å². The number of hydrogen-bond acceptors (Lipinski definition) is 6. The van der Waals surface area contributed by atoms with Gasteiger partial charge in [0.2, 0.25) is 0 Å². The number of sulfonamides is 1. The van der Waals surface area contributed by atoms with Crippen LogP contribution < -0.4 is 4.72 Å². The molecule has 0 radical (unpaired) electrons. The Balaban J connectivity index is 1.85. The summed E-state index contributed by atoms with van der Waals surface area (Å²) in [4.78, 5) is 16.3. The zero-order chi connectivity index (χ0) is 15.0. The molecule has 6 nitrogen and oxygen atoms in total. The number of thiazole rings is 1. The number of aryl methyl sites for hydroxylation is 2. The number of carbonyl (C=O) groups is 1. The Labute approximate surface area is 129 Å². The molecule has 2 N–H and O–H groups in total. The van der Waals surface area contributed by atoms with E-state index >= 15 is 0 Å². The fourth-order valence-corrected chi connectivity index (χ4v) is 5.57. The van der Waals surface area contributed by atoms with Gasteiger partial charge in [-0.25, -0.2) is 18.2 Å². The maximum Gasteiger partial charge on any atom is 0.336 e. The molecule has 0 atom stereocenters. The number of rotatable bonds is 4. The summed E-state index contributed by atoms with van der Waals surface area (Å²) in [7, 11) is -3.77. The normalized spacial score (nSPS) is 14.7. The van der Waals surface area contributed by atoms with Crippen molar-refractivity contribution >= 4 is 43.8 Å². The summed E-state index contributed by atoms with van der Waals surface area (Å²) in [6.07, 6.45) is 4.01. The van der Waals surface area contributed by atoms with Crippen LogP contribution in [0.15, 0.2) is 15.7 Å². The highest BCUT2D eigenvalue weighted by Crippen LogP contribution is 2.31. The summed E-state index contributed by atoms with van der Waals surface area (Å²) in [6.45, 7) is 0. The molecule has 0 saturated heterocycles. The van der Waals surface area contributed by atoms with Gasteiger partial charge in [-0.3, -0.25) is 4.72 Å². The summed E-state index contributed by atoms with van der Waals surface area (Å²) in [6, 6.07) is 1.16. The van der Waals surface area contributed by atoms with E-state index in [0.29, 0.717) is 5.13 Å². The quantitative estimate of drug-likeness (QED) is 0.888. The molecule has 3 rings (SSSR count). The zero-order valence-electron chi connectivity index (χ0n) is 10.8. The standard InChI is InChI=1S/C12H12N2O4S3/c15-11(16)7-5-10(19-6-7)21(17,18)14-12-13-8-3-1-2-4-9(8)20-12/h5-6H,1-4H2,(H,13,14)(H,15,16). The number of fused-ring (bicyclic) bond motifs is 1. The van der Waals surface area contributed by atoms with Crippen molar-refractivity contribution in [2.45, 2.75) is 29.9 Å². The van der Waals surface area contributed by atoms with Gasteiger partial charge in [-0.1, -0.05) is 0 Å². The lowest BCUT2D eigenvalue weighted by Gasteiger charge is -2.06. The van der Waals surface area contributed by atoms with Crippen molar-refractivity contribution in [2.75, 3.05) is 4.72 Å². The number of carboxylic acid groups (broad SMARTS) is 1. The Morgan fingerprint density at radius 3 is 2.76 bits per heavy atom. The van der Waals surface area contributed by atoms with E-state index in [2.05, 4.69) is 9.71 Å². The van der Waals surface area contributed by atoms with Gasteiger partial charge in [0, 0.05) is 10.3 Å². The molecule has 0 amide bonds. The highest BCUT2D eigenvalue weighted by atomic mass is 32.2. The largest absolute Gasteiger partial charge is 0.478 e. The first-order valence-electron chi connectivity index (χ1n) is 6.29. The maximum atomic E-state index is 12.2. The molecule has 0 spiro atoms. The van der Waals surface area contributed by atoms with Gasteiger partial charge in [0.15, 0.2) is 5.13 Å². The monoisotopic (exact) mass is 344 g/mol. The van der Waals surface area contributed by atoms with Crippen molar-refractivity contribution < 1.29 is 18.3 Å². The number of anilines is 1.